The number of hydrogen-bond donors (Lipinski definition) is 2. The van der Waals surface area contributed by atoms with Gasteiger partial charge >= 0.3 is 5.69 Å². The molecule has 106 valence electrons. The van der Waals surface area contributed by atoms with E-state index in [0.717, 1.165) is 5.01 Å². The molecule has 2 N–H and O–H groups in total. The summed E-state index contributed by atoms with van der Waals surface area (Å²) in [7, 11) is 0. The number of aromatic nitrogens is 3. The normalized spacial score (nSPS) is 10.3. The van der Waals surface area contributed by atoms with Crippen molar-refractivity contribution in [3.8, 4) is 0 Å². The molecule has 0 spiro atoms. The van der Waals surface area contributed by atoms with Crippen LogP contribution in [-0.4, -0.2) is 26.4 Å². The van der Waals surface area contributed by atoms with Crippen molar-refractivity contribution in [2.45, 2.75) is 20.4 Å². The first-order valence-electron chi connectivity index (χ1n) is 6.01. The third-order valence-electron chi connectivity index (χ3n) is 2.47. The van der Waals surface area contributed by atoms with Crippen molar-refractivity contribution in [2.75, 3.05) is 17.2 Å². The monoisotopic (exact) mass is 294 g/mol. The van der Waals surface area contributed by atoms with E-state index in [2.05, 4.69) is 25.6 Å². The Labute approximate surface area is 119 Å². The van der Waals surface area contributed by atoms with Gasteiger partial charge < -0.3 is 10.6 Å². The van der Waals surface area contributed by atoms with Gasteiger partial charge in [-0.3, -0.25) is 10.1 Å². The molecule has 0 saturated heterocycles. The fourth-order valence-corrected chi connectivity index (χ4v) is 2.20. The van der Waals surface area contributed by atoms with Gasteiger partial charge in [-0.2, -0.15) is 4.98 Å². The second-order valence-electron chi connectivity index (χ2n) is 3.90. The van der Waals surface area contributed by atoms with Crippen molar-refractivity contribution in [3.05, 3.63) is 32.4 Å². The van der Waals surface area contributed by atoms with Crippen LogP contribution in [-0.2, 0) is 6.54 Å². The van der Waals surface area contributed by atoms with Crippen molar-refractivity contribution in [3.63, 3.8) is 0 Å². The Bertz CT molecular complexity index is 601. The molecule has 0 unspecified atom stereocenters. The summed E-state index contributed by atoms with van der Waals surface area (Å²) in [5.74, 6) is 0.575. The summed E-state index contributed by atoms with van der Waals surface area (Å²) in [4.78, 5) is 23.0. The molecule has 0 aliphatic heterocycles. The van der Waals surface area contributed by atoms with E-state index in [9.17, 15) is 10.1 Å². The first-order valence-corrected chi connectivity index (χ1v) is 6.89. The number of nitro groups is 1. The van der Waals surface area contributed by atoms with Gasteiger partial charge in [0.2, 0.25) is 11.8 Å². The molecular formula is C11H14N6O2S. The summed E-state index contributed by atoms with van der Waals surface area (Å²) >= 11 is 1.47. The molecule has 0 atom stereocenters. The van der Waals surface area contributed by atoms with Crippen LogP contribution in [0.25, 0.3) is 0 Å². The average molecular weight is 294 g/mol. The highest BCUT2D eigenvalue weighted by Gasteiger charge is 2.21. The summed E-state index contributed by atoms with van der Waals surface area (Å²) in [5, 5.41) is 19.7. The third kappa shape index (κ3) is 3.18. The number of anilines is 2. The minimum absolute atomic E-state index is 0.108. The van der Waals surface area contributed by atoms with Crippen LogP contribution in [0.3, 0.4) is 0 Å². The lowest BCUT2D eigenvalue weighted by Gasteiger charge is -2.09. The predicted molar refractivity (Wildman–Crippen MR) is 77.0 cm³/mol. The molecule has 0 aliphatic carbocycles. The minimum Gasteiger partial charge on any atom is -0.358 e. The summed E-state index contributed by atoms with van der Waals surface area (Å²) in [6.07, 6.45) is 1.69. The zero-order valence-corrected chi connectivity index (χ0v) is 11.9. The second kappa shape index (κ2) is 6.24. The fourth-order valence-electron chi connectivity index (χ4n) is 1.65. The van der Waals surface area contributed by atoms with Crippen LogP contribution in [0.15, 0.2) is 11.6 Å². The van der Waals surface area contributed by atoms with E-state index in [0.29, 0.717) is 24.7 Å². The second-order valence-corrected chi connectivity index (χ2v) is 4.88. The Balaban J connectivity index is 2.29. The Hall–Kier alpha value is -2.29. The summed E-state index contributed by atoms with van der Waals surface area (Å²) in [5.41, 5.74) is 0.214. The summed E-state index contributed by atoms with van der Waals surface area (Å²) in [6.45, 7) is 4.53. The maximum absolute atomic E-state index is 11.1. The van der Waals surface area contributed by atoms with Gasteiger partial charge in [-0.05, 0) is 13.8 Å². The van der Waals surface area contributed by atoms with Crippen molar-refractivity contribution >= 4 is 28.8 Å². The third-order valence-corrected chi connectivity index (χ3v) is 3.25. The number of thiazole rings is 1. The predicted octanol–water partition coefficient (Wildman–Crippen LogP) is 2.19. The molecule has 2 rings (SSSR count). The smallest absolute Gasteiger partial charge is 0.332 e. The van der Waals surface area contributed by atoms with Crippen molar-refractivity contribution in [1.29, 1.82) is 0 Å². The minimum atomic E-state index is -0.477. The van der Waals surface area contributed by atoms with E-state index in [-0.39, 0.29) is 11.5 Å². The van der Waals surface area contributed by atoms with Crippen LogP contribution in [0, 0.1) is 17.0 Å². The van der Waals surface area contributed by atoms with Gasteiger partial charge in [-0.25, -0.2) is 9.97 Å². The summed E-state index contributed by atoms with van der Waals surface area (Å²) < 4.78 is 0. The molecule has 0 aliphatic rings. The molecule has 9 heteroatoms. The Kier molecular flexibility index (Phi) is 4.41. The maximum atomic E-state index is 11.1. The molecule has 0 fully saturated rings. The SMILES string of the molecule is CCNc1nc(C)c([N+](=O)[O-])c(NCc2nccs2)n1. The highest BCUT2D eigenvalue weighted by atomic mass is 32.1. The van der Waals surface area contributed by atoms with Gasteiger partial charge in [-0.15, -0.1) is 11.3 Å². The van der Waals surface area contributed by atoms with E-state index in [1.807, 2.05) is 12.3 Å². The quantitative estimate of drug-likeness (QED) is 0.621. The van der Waals surface area contributed by atoms with Gasteiger partial charge in [0, 0.05) is 18.1 Å². The topological polar surface area (TPSA) is 106 Å². The number of hydrogen-bond acceptors (Lipinski definition) is 8. The van der Waals surface area contributed by atoms with Gasteiger partial charge in [0.25, 0.3) is 0 Å². The van der Waals surface area contributed by atoms with Gasteiger partial charge in [0.1, 0.15) is 10.7 Å². The number of aryl methyl sites for hydroxylation is 1. The lowest BCUT2D eigenvalue weighted by atomic mass is 10.3. The Morgan fingerprint density at radius 1 is 1.40 bits per heavy atom. The van der Waals surface area contributed by atoms with E-state index >= 15 is 0 Å². The molecule has 0 radical (unpaired) electrons. The maximum Gasteiger partial charge on any atom is 0.332 e. The van der Waals surface area contributed by atoms with Crippen LogP contribution < -0.4 is 10.6 Å². The van der Waals surface area contributed by atoms with Gasteiger partial charge in [-0.1, -0.05) is 0 Å². The van der Waals surface area contributed by atoms with Crippen LogP contribution in [0.4, 0.5) is 17.5 Å². The lowest BCUT2D eigenvalue weighted by molar-refractivity contribution is -0.385. The number of nitrogens with one attached hydrogen (secondary N) is 2. The van der Waals surface area contributed by atoms with Crippen LogP contribution in [0.5, 0.6) is 0 Å². The van der Waals surface area contributed by atoms with E-state index < -0.39 is 4.92 Å². The molecule has 8 nitrogen and oxygen atoms in total. The van der Waals surface area contributed by atoms with E-state index in [4.69, 9.17) is 0 Å². The van der Waals surface area contributed by atoms with Crippen molar-refractivity contribution < 1.29 is 4.92 Å². The Morgan fingerprint density at radius 3 is 2.80 bits per heavy atom. The van der Waals surface area contributed by atoms with Gasteiger partial charge in [0.15, 0.2) is 0 Å². The standard InChI is InChI=1S/C11H14N6O2S/c1-3-12-11-15-7(2)9(17(18)19)10(16-11)14-6-8-13-4-5-20-8/h4-5H,3,6H2,1-2H3,(H2,12,14,15,16). The van der Waals surface area contributed by atoms with Crippen LogP contribution >= 0.6 is 11.3 Å². The molecule has 2 heterocycles. The van der Waals surface area contributed by atoms with Crippen molar-refractivity contribution in [2.24, 2.45) is 0 Å². The molecule has 0 bridgehead atoms. The molecular weight excluding hydrogens is 280 g/mol. The molecule has 0 saturated carbocycles. The first-order chi connectivity index (χ1) is 9.61. The number of rotatable bonds is 6. The summed E-state index contributed by atoms with van der Waals surface area (Å²) in [6, 6.07) is 0. The van der Waals surface area contributed by atoms with Gasteiger partial charge in [0.05, 0.1) is 11.5 Å². The zero-order valence-electron chi connectivity index (χ0n) is 11.1. The van der Waals surface area contributed by atoms with Crippen molar-refractivity contribution in [1.82, 2.24) is 15.0 Å². The van der Waals surface area contributed by atoms with Crippen LogP contribution in [0.1, 0.15) is 17.6 Å². The lowest BCUT2D eigenvalue weighted by Crippen LogP contribution is -2.11. The molecule has 20 heavy (non-hydrogen) atoms. The van der Waals surface area contributed by atoms with E-state index in [1.54, 1.807) is 13.1 Å². The fraction of sp³-hybridized carbons (Fsp3) is 0.364. The molecule has 0 aromatic carbocycles. The number of nitrogens with zero attached hydrogens (tertiary/aromatic N) is 4. The zero-order chi connectivity index (χ0) is 14.5. The molecule has 2 aromatic rings. The highest BCUT2D eigenvalue weighted by Crippen LogP contribution is 2.27. The molecule has 0 amide bonds. The Morgan fingerprint density at radius 2 is 2.20 bits per heavy atom. The first kappa shape index (κ1) is 14.1. The highest BCUT2D eigenvalue weighted by molar-refractivity contribution is 7.09. The molecule has 2 aromatic heterocycles. The largest absolute Gasteiger partial charge is 0.358 e. The van der Waals surface area contributed by atoms with Crippen LogP contribution in [0.2, 0.25) is 0 Å². The van der Waals surface area contributed by atoms with E-state index in [1.165, 1.54) is 11.3 Å². The average Bonchev–Trinajstić information content (AvgIpc) is 2.88.